The number of benzene rings is 2. The molecule has 1 fully saturated rings. The SMILES string of the molecule is FC(F)(F)c1cc(CCO[C@H]2OCCN[C@H]2c2ccc(I)cc2)cc(C(F)(F)F)c1. The molecule has 10 heteroatoms. The summed E-state index contributed by atoms with van der Waals surface area (Å²) >= 11 is 2.17. The fourth-order valence-electron chi connectivity index (χ4n) is 3.13. The average Bonchev–Trinajstić information content (AvgIpc) is 2.67. The van der Waals surface area contributed by atoms with Crippen molar-refractivity contribution >= 4 is 22.6 Å². The van der Waals surface area contributed by atoms with Gasteiger partial charge in [-0.25, -0.2) is 0 Å². The summed E-state index contributed by atoms with van der Waals surface area (Å²) < 4.78 is 90.3. The molecular formula is C20H18F6INO2. The van der Waals surface area contributed by atoms with Crippen molar-refractivity contribution in [1.82, 2.24) is 5.32 Å². The van der Waals surface area contributed by atoms with Crippen LogP contribution in [0.2, 0.25) is 0 Å². The van der Waals surface area contributed by atoms with Gasteiger partial charge in [-0.3, -0.25) is 0 Å². The Balaban J connectivity index is 1.70. The third kappa shape index (κ3) is 6.08. The van der Waals surface area contributed by atoms with Crippen LogP contribution in [0.4, 0.5) is 26.3 Å². The summed E-state index contributed by atoms with van der Waals surface area (Å²) in [5.41, 5.74) is -1.86. The van der Waals surface area contributed by atoms with Gasteiger partial charge in [0.25, 0.3) is 0 Å². The van der Waals surface area contributed by atoms with E-state index < -0.39 is 29.8 Å². The predicted octanol–water partition coefficient (Wildman–Crippen LogP) is 5.58. The Labute approximate surface area is 182 Å². The predicted molar refractivity (Wildman–Crippen MR) is 106 cm³/mol. The Morgan fingerprint density at radius 2 is 1.57 bits per heavy atom. The molecule has 0 bridgehead atoms. The first-order valence-electron chi connectivity index (χ1n) is 9.04. The van der Waals surface area contributed by atoms with E-state index in [1.165, 1.54) is 0 Å². The molecule has 30 heavy (non-hydrogen) atoms. The molecule has 1 N–H and O–H groups in total. The van der Waals surface area contributed by atoms with Gasteiger partial charge in [0.15, 0.2) is 6.29 Å². The fraction of sp³-hybridized carbons (Fsp3) is 0.400. The van der Waals surface area contributed by atoms with Gasteiger partial charge in [0.2, 0.25) is 0 Å². The first-order chi connectivity index (χ1) is 14.0. The third-order valence-electron chi connectivity index (χ3n) is 4.57. The summed E-state index contributed by atoms with van der Waals surface area (Å²) in [5.74, 6) is 0. The number of nitrogens with one attached hydrogen (secondary N) is 1. The molecule has 3 rings (SSSR count). The van der Waals surface area contributed by atoms with E-state index in [-0.39, 0.29) is 30.7 Å². The minimum Gasteiger partial charge on any atom is -0.350 e. The van der Waals surface area contributed by atoms with E-state index in [0.29, 0.717) is 13.2 Å². The lowest BCUT2D eigenvalue weighted by Crippen LogP contribution is -2.43. The van der Waals surface area contributed by atoms with E-state index in [1.807, 2.05) is 24.3 Å². The van der Waals surface area contributed by atoms with Crippen LogP contribution in [-0.2, 0) is 28.2 Å². The molecule has 0 saturated carbocycles. The zero-order chi connectivity index (χ0) is 21.9. The van der Waals surface area contributed by atoms with Gasteiger partial charge in [-0.05, 0) is 70.5 Å². The topological polar surface area (TPSA) is 30.5 Å². The largest absolute Gasteiger partial charge is 0.416 e. The molecule has 0 aliphatic carbocycles. The third-order valence-corrected chi connectivity index (χ3v) is 5.29. The van der Waals surface area contributed by atoms with Crippen LogP contribution in [0.3, 0.4) is 0 Å². The molecule has 1 heterocycles. The minimum atomic E-state index is -4.87. The summed E-state index contributed by atoms with van der Waals surface area (Å²) in [6, 6.07) is 8.92. The van der Waals surface area contributed by atoms with Crippen LogP contribution in [0.25, 0.3) is 0 Å². The van der Waals surface area contributed by atoms with E-state index in [9.17, 15) is 26.3 Å². The standard InChI is InChI=1S/C20H18F6INO2/c21-19(22,23)14-9-12(10-15(11-14)20(24,25)26)5-7-29-18-17(28-6-8-30-18)13-1-3-16(27)4-2-13/h1-4,9-11,17-18,28H,5-8H2/t17-,18-/m0/s1. The van der Waals surface area contributed by atoms with Crippen molar-refractivity contribution in [3.63, 3.8) is 0 Å². The van der Waals surface area contributed by atoms with Crippen molar-refractivity contribution in [3.05, 3.63) is 68.3 Å². The van der Waals surface area contributed by atoms with Crippen LogP contribution in [0.15, 0.2) is 42.5 Å². The van der Waals surface area contributed by atoms with Crippen molar-refractivity contribution in [2.24, 2.45) is 0 Å². The van der Waals surface area contributed by atoms with Gasteiger partial charge in [-0.15, -0.1) is 0 Å². The molecule has 0 unspecified atom stereocenters. The normalized spacial score (nSPS) is 20.4. The maximum atomic E-state index is 13.0. The molecule has 164 valence electrons. The van der Waals surface area contributed by atoms with E-state index in [2.05, 4.69) is 27.9 Å². The number of halogens is 7. The molecule has 2 atom stereocenters. The number of ether oxygens (including phenoxy) is 2. The molecule has 1 saturated heterocycles. The zero-order valence-corrected chi connectivity index (χ0v) is 17.6. The van der Waals surface area contributed by atoms with E-state index >= 15 is 0 Å². The number of alkyl halides is 6. The maximum Gasteiger partial charge on any atom is 0.416 e. The van der Waals surface area contributed by atoms with E-state index in [0.717, 1.165) is 21.3 Å². The fourth-order valence-corrected chi connectivity index (χ4v) is 3.49. The lowest BCUT2D eigenvalue weighted by Gasteiger charge is -2.33. The van der Waals surface area contributed by atoms with Crippen molar-refractivity contribution < 1.29 is 35.8 Å². The molecule has 2 aromatic carbocycles. The summed E-state index contributed by atoms with van der Waals surface area (Å²) in [6.07, 6.45) is -10.6. The Hall–Kier alpha value is -1.37. The van der Waals surface area contributed by atoms with Crippen LogP contribution in [0.5, 0.6) is 0 Å². The Bertz CT molecular complexity index is 822. The van der Waals surface area contributed by atoms with Crippen LogP contribution < -0.4 is 5.32 Å². The van der Waals surface area contributed by atoms with Gasteiger partial charge >= 0.3 is 12.4 Å². The van der Waals surface area contributed by atoms with Crippen molar-refractivity contribution in [2.75, 3.05) is 19.8 Å². The summed E-state index contributed by atoms with van der Waals surface area (Å²) in [4.78, 5) is 0. The molecule has 0 radical (unpaired) electrons. The molecule has 1 aliphatic heterocycles. The minimum absolute atomic E-state index is 0.0914. The van der Waals surface area contributed by atoms with Crippen molar-refractivity contribution in [1.29, 1.82) is 0 Å². The number of hydrogen-bond donors (Lipinski definition) is 1. The molecule has 2 aromatic rings. The van der Waals surface area contributed by atoms with Crippen molar-refractivity contribution in [2.45, 2.75) is 31.1 Å². The highest BCUT2D eigenvalue weighted by molar-refractivity contribution is 14.1. The van der Waals surface area contributed by atoms with Gasteiger partial charge in [-0.2, -0.15) is 26.3 Å². The first-order valence-corrected chi connectivity index (χ1v) is 10.1. The van der Waals surface area contributed by atoms with Crippen LogP contribution in [-0.4, -0.2) is 26.0 Å². The highest BCUT2D eigenvalue weighted by Gasteiger charge is 2.37. The molecule has 1 aliphatic rings. The highest BCUT2D eigenvalue weighted by Crippen LogP contribution is 2.36. The Kier molecular flexibility index (Phi) is 7.31. The molecule has 0 spiro atoms. The second kappa shape index (κ2) is 9.41. The van der Waals surface area contributed by atoms with Crippen LogP contribution >= 0.6 is 22.6 Å². The monoisotopic (exact) mass is 545 g/mol. The molecular weight excluding hydrogens is 527 g/mol. The second-order valence-corrected chi connectivity index (χ2v) is 8.00. The number of rotatable bonds is 5. The lowest BCUT2D eigenvalue weighted by molar-refractivity contribution is -0.177. The number of hydrogen-bond acceptors (Lipinski definition) is 3. The quantitative estimate of drug-likeness (QED) is 0.394. The lowest BCUT2D eigenvalue weighted by atomic mass is 10.0. The first kappa shape index (κ1) is 23.3. The molecule has 3 nitrogen and oxygen atoms in total. The van der Waals surface area contributed by atoms with Crippen molar-refractivity contribution in [3.8, 4) is 0 Å². The van der Waals surface area contributed by atoms with Crippen LogP contribution in [0.1, 0.15) is 28.3 Å². The molecule has 0 aromatic heterocycles. The average molecular weight is 545 g/mol. The smallest absolute Gasteiger partial charge is 0.350 e. The van der Waals surface area contributed by atoms with Gasteiger partial charge < -0.3 is 14.8 Å². The van der Waals surface area contributed by atoms with Gasteiger partial charge in [0.1, 0.15) is 0 Å². The summed E-state index contributed by atoms with van der Waals surface area (Å²) in [7, 11) is 0. The Morgan fingerprint density at radius 3 is 2.13 bits per heavy atom. The van der Waals surface area contributed by atoms with E-state index in [4.69, 9.17) is 9.47 Å². The van der Waals surface area contributed by atoms with Gasteiger partial charge in [-0.1, -0.05) is 12.1 Å². The Morgan fingerprint density at radius 1 is 0.967 bits per heavy atom. The molecule has 0 amide bonds. The number of morpholine rings is 1. The summed E-state index contributed by atoms with van der Waals surface area (Å²) in [5, 5.41) is 3.26. The van der Waals surface area contributed by atoms with Crippen LogP contribution in [0, 0.1) is 3.57 Å². The van der Waals surface area contributed by atoms with Gasteiger partial charge in [0.05, 0.1) is 30.4 Å². The second-order valence-electron chi connectivity index (χ2n) is 6.76. The maximum absolute atomic E-state index is 13.0. The zero-order valence-electron chi connectivity index (χ0n) is 15.5. The highest BCUT2D eigenvalue weighted by atomic mass is 127. The van der Waals surface area contributed by atoms with E-state index in [1.54, 1.807) is 0 Å². The van der Waals surface area contributed by atoms with Gasteiger partial charge in [0, 0.05) is 10.1 Å². The summed E-state index contributed by atoms with van der Waals surface area (Å²) in [6.45, 7) is 0.887.